The second-order valence-electron chi connectivity index (χ2n) is 6.14. The van der Waals surface area contributed by atoms with E-state index in [4.69, 9.17) is 0 Å². The van der Waals surface area contributed by atoms with Crippen molar-refractivity contribution < 1.29 is 22.8 Å². The average molecular weight is 362 g/mol. The van der Waals surface area contributed by atoms with Crippen LogP contribution in [0.2, 0.25) is 0 Å². The lowest BCUT2D eigenvalue weighted by Gasteiger charge is -2.32. The Labute approximate surface area is 148 Å². The van der Waals surface area contributed by atoms with Crippen molar-refractivity contribution in [3.63, 3.8) is 0 Å². The lowest BCUT2D eigenvalue weighted by molar-refractivity contribution is 0.0693. The summed E-state index contributed by atoms with van der Waals surface area (Å²) in [4.78, 5) is 26.0. The maximum absolute atomic E-state index is 13.7. The van der Waals surface area contributed by atoms with Gasteiger partial charge in [0, 0.05) is 25.2 Å². The second-order valence-corrected chi connectivity index (χ2v) is 6.14. The van der Waals surface area contributed by atoms with Crippen molar-refractivity contribution in [2.75, 3.05) is 13.1 Å². The molecule has 0 saturated carbocycles. The lowest BCUT2D eigenvalue weighted by Crippen LogP contribution is -2.46. The van der Waals surface area contributed by atoms with E-state index in [1.807, 2.05) is 0 Å². The molecular formula is C19H17F3N2O2. The van der Waals surface area contributed by atoms with Crippen molar-refractivity contribution >= 4 is 11.8 Å². The van der Waals surface area contributed by atoms with Crippen LogP contribution in [0.3, 0.4) is 0 Å². The normalized spacial score (nSPS) is 15.0. The number of hydrogen-bond acceptors (Lipinski definition) is 2. The van der Waals surface area contributed by atoms with E-state index in [2.05, 4.69) is 5.32 Å². The molecular weight excluding hydrogens is 345 g/mol. The third-order valence-corrected chi connectivity index (χ3v) is 4.40. The molecule has 1 fully saturated rings. The summed E-state index contributed by atoms with van der Waals surface area (Å²) < 4.78 is 40.3. The lowest BCUT2D eigenvalue weighted by atomic mass is 10.0. The molecule has 2 amide bonds. The molecule has 4 nitrogen and oxygen atoms in total. The highest BCUT2D eigenvalue weighted by Gasteiger charge is 2.26. The van der Waals surface area contributed by atoms with Crippen LogP contribution in [0.25, 0.3) is 0 Å². The standard InChI is InChI=1S/C19H17F3N2O2/c20-12-5-6-14(17(22)11-12)18(25)23-13-7-9-24(10-8-13)19(26)15-3-1-2-4-16(15)21/h1-6,11,13H,7-10H2,(H,23,25). The van der Waals surface area contributed by atoms with E-state index < -0.39 is 29.3 Å². The van der Waals surface area contributed by atoms with E-state index in [1.54, 1.807) is 6.07 Å². The molecule has 1 aliphatic rings. The van der Waals surface area contributed by atoms with Crippen molar-refractivity contribution in [2.24, 2.45) is 0 Å². The summed E-state index contributed by atoms with van der Waals surface area (Å²) >= 11 is 0. The van der Waals surface area contributed by atoms with E-state index >= 15 is 0 Å². The molecule has 0 bridgehead atoms. The minimum absolute atomic E-state index is 0.0170. The molecule has 1 saturated heterocycles. The average Bonchev–Trinajstić information content (AvgIpc) is 2.62. The first-order chi connectivity index (χ1) is 12.5. The second kappa shape index (κ2) is 7.59. The number of carbonyl (C=O) groups excluding carboxylic acids is 2. The van der Waals surface area contributed by atoms with Crippen LogP contribution in [0.4, 0.5) is 13.2 Å². The van der Waals surface area contributed by atoms with Crippen molar-refractivity contribution in [1.29, 1.82) is 0 Å². The Bertz CT molecular complexity index is 833. The number of nitrogens with zero attached hydrogens (tertiary/aromatic N) is 1. The van der Waals surface area contributed by atoms with E-state index in [1.165, 1.54) is 23.1 Å². The number of amides is 2. The number of likely N-dealkylation sites (tertiary alicyclic amines) is 1. The van der Waals surface area contributed by atoms with Crippen LogP contribution in [0.5, 0.6) is 0 Å². The molecule has 2 aromatic rings. The SMILES string of the molecule is O=C(NC1CCN(C(=O)c2ccccc2F)CC1)c1ccc(F)cc1F. The van der Waals surface area contributed by atoms with Crippen molar-refractivity contribution in [3.05, 3.63) is 71.0 Å². The molecule has 0 unspecified atom stereocenters. The van der Waals surface area contributed by atoms with Crippen LogP contribution < -0.4 is 5.32 Å². The zero-order valence-electron chi connectivity index (χ0n) is 13.8. The molecule has 1 aliphatic heterocycles. The van der Waals surface area contributed by atoms with Crippen LogP contribution in [0.1, 0.15) is 33.6 Å². The molecule has 0 radical (unpaired) electrons. The molecule has 0 spiro atoms. The molecule has 0 aromatic heterocycles. The molecule has 0 atom stereocenters. The van der Waals surface area contributed by atoms with Crippen LogP contribution in [0, 0.1) is 17.5 Å². The van der Waals surface area contributed by atoms with Crippen molar-refractivity contribution in [3.8, 4) is 0 Å². The highest BCUT2D eigenvalue weighted by molar-refractivity contribution is 5.95. The van der Waals surface area contributed by atoms with Gasteiger partial charge in [-0.3, -0.25) is 9.59 Å². The fraction of sp³-hybridized carbons (Fsp3) is 0.263. The molecule has 26 heavy (non-hydrogen) atoms. The number of benzene rings is 2. The van der Waals surface area contributed by atoms with Gasteiger partial charge in [0.25, 0.3) is 11.8 Å². The van der Waals surface area contributed by atoms with Crippen LogP contribution in [-0.4, -0.2) is 35.8 Å². The molecule has 1 N–H and O–H groups in total. The Morgan fingerprint density at radius 3 is 2.27 bits per heavy atom. The first-order valence-electron chi connectivity index (χ1n) is 8.25. The Hall–Kier alpha value is -2.83. The van der Waals surface area contributed by atoms with Gasteiger partial charge in [0.05, 0.1) is 11.1 Å². The smallest absolute Gasteiger partial charge is 0.256 e. The van der Waals surface area contributed by atoms with Gasteiger partial charge < -0.3 is 10.2 Å². The monoisotopic (exact) mass is 362 g/mol. The highest BCUT2D eigenvalue weighted by Crippen LogP contribution is 2.17. The topological polar surface area (TPSA) is 49.4 Å². The zero-order valence-corrected chi connectivity index (χ0v) is 13.8. The largest absolute Gasteiger partial charge is 0.349 e. The molecule has 136 valence electrons. The number of hydrogen-bond donors (Lipinski definition) is 1. The van der Waals surface area contributed by atoms with Crippen LogP contribution in [0.15, 0.2) is 42.5 Å². The van der Waals surface area contributed by atoms with Crippen LogP contribution in [-0.2, 0) is 0 Å². The van der Waals surface area contributed by atoms with Gasteiger partial charge in [-0.15, -0.1) is 0 Å². The van der Waals surface area contributed by atoms with Crippen LogP contribution >= 0.6 is 0 Å². The molecule has 7 heteroatoms. The minimum atomic E-state index is -0.922. The van der Waals surface area contributed by atoms with Crippen molar-refractivity contribution in [1.82, 2.24) is 10.2 Å². The van der Waals surface area contributed by atoms with Gasteiger partial charge in [0.1, 0.15) is 17.5 Å². The zero-order chi connectivity index (χ0) is 18.7. The summed E-state index contributed by atoms with van der Waals surface area (Å²) in [5, 5.41) is 2.69. The van der Waals surface area contributed by atoms with Gasteiger partial charge >= 0.3 is 0 Å². The first kappa shape index (κ1) is 18.0. The van der Waals surface area contributed by atoms with Gasteiger partial charge in [0.2, 0.25) is 0 Å². The summed E-state index contributed by atoms with van der Waals surface area (Å²) in [5.74, 6) is -3.26. The number of halogens is 3. The minimum Gasteiger partial charge on any atom is -0.349 e. The Balaban J connectivity index is 1.58. The molecule has 0 aliphatic carbocycles. The maximum Gasteiger partial charge on any atom is 0.256 e. The predicted octanol–water partition coefficient (Wildman–Crippen LogP) is 3.14. The van der Waals surface area contributed by atoms with Gasteiger partial charge in [0.15, 0.2) is 0 Å². The summed E-state index contributed by atoms with van der Waals surface area (Å²) in [6.45, 7) is 0.702. The highest BCUT2D eigenvalue weighted by atomic mass is 19.1. The number of piperidine rings is 1. The molecule has 2 aromatic carbocycles. The Kier molecular flexibility index (Phi) is 5.25. The predicted molar refractivity (Wildman–Crippen MR) is 89.1 cm³/mol. The van der Waals surface area contributed by atoms with E-state index in [9.17, 15) is 22.8 Å². The fourth-order valence-corrected chi connectivity index (χ4v) is 2.97. The van der Waals surface area contributed by atoms with Gasteiger partial charge in [-0.25, -0.2) is 13.2 Å². The third-order valence-electron chi connectivity index (χ3n) is 4.40. The molecule has 3 rings (SSSR count). The Morgan fingerprint density at radius 1 is 0.923 bits per heavy atom. The molecule has 1 heterocycles. The van der Waals surface area contributed by atoms with Crippen molar-refractivity contribution in [2.45, 2.75) is 18.9 Å². The Morgan fingerprint density at radius 2 is 1.62 bits per heavy atom. The number of rotatable bonds is 3. The first-order valence-corrected chi connectivity index (χ1v) is 8.25. The van der Waals surface area contributed by atoms with Gasteiger partial charge in [-0.2, -0.15) is 0 Å². The quantitative estimate of drug-likeness (QED) is 0.912. The number of carbonyl (C=O) groups is 2. The summed E-state index contributed by atoms with van der Waals surface area (Å²) in [6, 6.07) is 8.31. The van der Waals surface area contributed by atoms with Gasteiger partial charge in [-0.1, -0.05) is 12.1 Å². The van der Waals surface area contributed by atoms with Gasteiger partial charge in [-0.05, 0) is 37.1 Å². The summed E-state index contributed by atoms with van der Waals surface area (Å²) in [5.41, 5.74) is -0.209. The van der Waals surface area contributed by atoms with E-state index in [0.29, 0.717) is 32.0 Å². The summed E-state index contributed by atoms with van der Waals surface area (Å²) in [7, 11) is 0. The summed E-state index contributed by atoms with van der Waals surface area (Å²) in [6.07, 6.45) is 0.934. The fourth-order valence-electron chi connectivity index (χ4n) is 2.97. The van der Waals surface area contributed by atoms with E-state index in [-0.39, 0.29) is 17.2 Å². The van der Waals surface area contributed by atoms with E-state index in [0.717, 1.165) is 12.1 Å². The maximum atomic E-state index is 13.7. The third kappa shape index (κ3) is 3.87. The number of nitrogens with one attached hydrogen (secondary N) is 1.